The Labute approximate surface area is 117 Å². The Kier molecular flexibility index (Phi) is 4.42. The molecule has 0 radical (unpaired) electrons. The smallest absolute Gasteiger partial charge is 0.304 e. The van der Waals surface area contributed by atoms with Crippen LogP contribution < -0.4 is 4.90 Å². The Bertz CT molecular complexity index is 453. The van der Waals surface area contributed by atoms with Crippen molar-refractivity contribution in [1.29, 1.82) is 0 Å². The van der Waals surface area contributed by atoms with Crippen LogP contribution in [0.2, 0.25) is 0 Å². The van der Waals surface area contributed by atoms with Crippen molar-refractivity contribution < 1.29 is 10.0 Å². The quantitative estimate of drug-likeness (QED) is 0.679. The van der Waals surface area contributed by atoms with Gasteiger partial charge in [0.25, 0.3) is 0 Å². The van der Waals surface area contributed by atoms with Gasteiger partial charge in [0.05, 0.1) is 11.0 Å². The van der Waals surface area contributed by atoms with Crippen molar-refractivity contribution in [2.24, 2.45) is 0 Å². The van der Waals surface area contributed by atoms with E-state index >= 15 is 0 Å². The molecule has 1 saturated carbocycles. The molecule has 1 N–H and O–H groups in total. The lowest BCUT2D eigenvalue weighted by Gasteiger charge is -2.31. The van der Waals surface area contributed by atoms with Crippen molar-refractivity contribution in [2.45, 2.75) is 51.2 Å². The summed E-state index contributed by atoms with van der Waals surface area (Å²) in [4.78, 5) is 13.5. The molecule has 0 aromatic carbocycles. The standard InChI is InChI=1S/C13H20N2O3S/c1-9(16)12-8-11(15(17)18)13(19-12)14(2)10-6-4-3-5-7-10/h8-10,16H,3-7H2,1-2H3/t9-/m0/s1. The van der Waals surface area contributed by atoms with Crippen LogP contribution in [0.3, 0.4) is 0 Å². The van der Waals surface area contributed by atoms with Gasteiger partial charge in [-0.3, -0.25) is 10.1 Å². The highest BCUT2D eigenvalue weighted by Gasteiger charge is 2.28. The molecule has 1 aromatic rings. The molecule has 0 amide bonds. The first kappa shape index (κ1) is 14.3. The van der Waals surface area contributed by atoms with Crippen molar-refractivity contribution >= 4 is 22.0 Å². The zero-order valence-corrected chi connectivity index (χ0v) is 12.2. The van der Waals surface area contributed by atoms with Gasteiger partial charge in [-0.1, -0.05) is 19.3 Å². The molecule has 2 rings (SSSR count). The van der Waals surface area contributed by atoms with E-state index in [0.29, 0.717) is 15.9 Å². The Morgan fingerprint density at radius 2 is 2.11 bits per heavy atom. The maximum Gasteiger partial charge on any atom is 0.304 e. The van der Waals surface area contributed by atoms with Crippen LogP contribution in [0.15, 0.2) is 6.07 Å². The molecule has 1 atom stereocenters. The summed E-state index contributed by atoms with van der Waals surface area (Å²) in [6, 6.07) is 1.89. The molecule has 0 spiro atoms. The maximum atomic E-state index is 11.1. The molecule has 106 valence electrons. The van der Waals surface area contributed by atoms with Crippen LogP contribution in [-0.2, 0) is 0 Å². The third-order valence-corrected chi connectivity index (χ3v) is 5.15. The Balaban J connectivity index is 2.28. The van der Waals surface area contributed by atoms with E-state index in [1.807, 2.05) is 11.9 Å². The molecule has 1 aliphatic carbocycles. The number of thiophene rings is 1. The highest BCUT2D eigenvalue weighted by atomic mass is 32.1. The third kappa shape index (κ3) is 3.06. The van der Waals surface area contributed by atoms with Crippen molar-refractivity contribution in [3.63, 3.8) is 0 Å². The first-order chi connectivity index (χ1) is 9.00. The normalized spacial score (nSPS) is 18.3. The topological polar surface area (TPSA) is 66.6 Å². The van der Waals surface area contributed by atoms with Crippen molar-refractivity contribution in [3.05, 3.63) is 21.1 Å². The van der Waals surface area contributed by atoms with Crippen LogP contribution in [0.5, 0.6) is 0 Å². The summed E-state index contributed by atoms with van der Waals surface area (Å²) in [5, 5.41) is 21.4. The number of aliphatic hydroxyl groups is 1. The fourth-order valence-electron chi connectivity index (χ4n) is 2.61. The van der Waals surface area contributed by atoms with Crippen LogP contribution in [0.4, 0.5) is 10.7 Å². The molecule has 1 aromatic heterocycles. The van der Waals surface area contributed by atoms with Crippen molar-refractivity contribution in [3.8, 4) is 0 Å². The summed E-state index contributed by atoms with van der Waals surface area (Å²) in [5.74, 6) is 0. The predicted molar refractivity (Wildman–Crippen MR) is 76.9 cm³/mol. The largest absolute Gasteiger partial charge is 0.388 e. The highest BCUT2D eigenvalue weighted by molar-refractivity contribution is 7.16. The number of hydrogen-bond donors (Lipinski definition) is 1. The van der Waals surface area contributed by atoms with Gasteiger partial charge in [0.15, 0.2) is 5.00 Å². The second-order valence-electron chi connectivity index (χ2n) is 5.17. The SMILES string of the molecule is C[C@H](O)c1cc([N+](=O)[O-])c(N(C)C2CCCCC2)s1. The van der Waals surface area contributed by atoms with E-state index in [9.17, 15) is 15.2 Å². The Morgan fingerprint density at radius 3 is 2.63 bits per heavy atom. The van der Waals surface area contributed by atoms with E-state index in [1.165, 1.54) is 36.7 Å². The maximum absolute atomic E-state index is 11.1. The fraction of sp³-hybridized carbons (Fsp3) is 0.692. The summed E-state index contributed by atoms with van der Waals surface area (Å²) in [7, 11) is 1.93. The van der Waals surface area contributed by atoms with Gasteiger partial charge < -0.3 is 10.0 Å². The molecule has 5 nitrogen and oxygen atoms in total. The molecule has 1 heterocycles. The van der Waals surface area contributed by atoms with Gasteiger partial charge in [0, 0.05) is 24.0 Å². The number of nitro groups is 1. The lowest BCUT2D eigenvalue weighted by atomic mass is 9.94. The minimum absolute atomic E-state index is 0.119. The number of anilines is 1. The van der Waals surface area contributed by atoms with Crippen LogP contribution in [-0.4, -0.2) is 23.1 Å². The first-order valence-corrected chi connectivity index (χ1v) is 7.51. The summed E-state index contributed by atoms with van der Waals surface area (Å²) in [5.41, 5.74) is 0.119. The lowest BCUT2D eigenvalue weighted by molar-refractivity contribution is -0.383. The van der Waals surface area contributed by atoms with E-state index in [2.05, 4.69) is 0 Å². The van der Waals surface area contributed by atoms with Gasteiger partial charge in [0.2, 0.25) is 0 Å². The number of aliphatic hydroxyl groups excluding tert-OH is 1. The van der Waals surface area contributed by atoms with E-state index in [1.54, 1.807) is 6.92 Å². The molecule has 1 fully saturated rings. The van der Waals surface area contributed by atoms with Crippen LogP contribution in [0, 0.1) is 10.1 Å². The van der Waals surface area contributed by atoms with Gasteiger partial charge in [-0.2, -0.15) is 0 Å². The van der Waals surface area contributed by atoms with Crippen LogP contribution >= 0.6 is 11.3 Å². The predicted octanol–water partition coefficient (Wildman–Crippen LogP) is 3.48. The van der Waals surface area contributed by atoms with Gasteiger partial charge in [-0.05, 0) is 19.8 Å². The summed E-state index contributed by atoms with van der Waals surface area (Å²) >= 11 is 1.33. The van der Waals surface area contributed by atoms with Gasteiger partial charge >= 0.3 is 5.69 Å². The van der Waals surface area contributed by atoms with Crippen molar-refractivity contribution in [2.75, 3.05) is 11.9 Å². The van der Waals surface area contributed by atoms with Crippen molar-refractivity contribution in [1.82, 2.24) is 0 Å². The molecule has 0 saturated heterocycles. The zero-order valence-electron chi connectivity index (χ0n) is 11.3. The molecule has 0 aliphatic heterocycles. The number of hydrogen-bond acceptors (Lipinski definition) is 5. The van der Waals surface area contributed by atoms with E-state index in [4.69, 9.17) is 0 Å². The van der Waals surface area contributed by atoms with Gasteiger partial charge in [0.1, 0.15) is 0 Å². The molecule has 1 aliphatic rings. The summed E-state index contributed by atoms with van der Waals surface area (Å²) in [6.07, 6.45) is 5.17. The molecule has 0 unspecified atom stereocenters. The van der Waals surface area contributed by atoms with E-state index in [-0.39, 0.29) is 10.6 Å². The molecular formula is C13H20N2O3S. The second-order valence-corrected chi connectivity index (χ2v) is 6.24. The van der Waals surface area contributed by atoms with Gasteiger partial charge in [-0.25, -0.2) is 0 Å². The second kappa shape index (κ2) is 5.88. The molecular weight excluding hydrogens is 264 g/mol. The average Bonchev–Trinajstić information content (AvgIpc) is 2.84. The molecule has 6 heteroatoms. The highest BCUT2D eigenvalue weighted by Crippen LogP contribution is 2.41. The number of nitrogens with zero attached hydrogens (tertiary/aromatic N) is 2. The number of rotatable bonds is 4. The fourth-order valence-corrected chi connectivity index (χ4v) is 3.71. The molecule has 19 heavy (non-hydrogen) atoms. The zero-order chi connectivity index (χ0) is 14.0. The molecule has 0 bridgehead atoms. The Morgan fingerprint density at radius 1 is 1.47 bits per heavy atom. The van der Waals surface area contributed by atoms with E-state index < -0.39 is 6.10 Å². The summed E-state index contributed by atoms with van der Waals surface area (Å²) in [6.45, 7) is 1.64. The van der Waals surface area contributed by atoms with Crippen LogP contribution in [0.25, 0.3) is 0 Å². The summed E-state index contributed by atoms with van der Waals surface area (Å²) < 4.78 is 0. The van der Waals surface area contributed by atoms with Crippen LogP contribution in [0.1, 0.15) is 50.0 Å². The monoisotopic (exact) mass is 284 g/mol. The van der Waals surface area contributed by atoms with E-state index in [0.717, 1.165) is 12.8 Å². The Hall–Kier alpha value is -1.14. The van der Waals surface area contributed by atoms with Gasteiger partial charge in [-0.15, -0.1) is 11.3 Å². The minimum Gasteiger partial charge on any atom is -0.388 e. The first-order valence-electron chi connectivity index (χ1n) is 6.69. The third-order valence-electron chi connectivity index (χ3n) is 3.76. The minimum atomic E-state index is -0.655. The lowest BCUT2D eigenvalue weighted by Crippen LogP contribution is -2.33. The average molecular weight is 284 g/mol.